The lowest BCUT2D eigenvalue weighted by Crippen LogP contribution is -2.44. The minimum atomic E-state index is -1.56. The lowest BCUT2D eigenvalue weighted by atomic mass is 10.1. The zero-order valence-corrected chi connectivity index (χ0v) is 10.0. The van der Waals surface area contributed by atoms with Crippen molar-refractivity contribution in [2.45, 2.75) is 31.6 Å². The van der Waals surface area contributed by atoms with E-state index in [1.54, 1.807) is 4.90 Å². The molecule has 0 amide bonds. The molecule has 0 saturated carbocycles. The first-order valence-electron chi connectivity index (χ1n) is 5.60. The van der Waals surface area contributed by atoms with Crippen LogP contribution in [0.4, 0.5) is 0 Å². The molecule has 1 atom stereocenters. The maximum absolute atomic E-state index is 10.5. The largest absolute Gasteiger partial charge is 0.481 e. The Labute approximate surface area is 105 Å². The molecule has 0 aliphatic rings. The normalized spacial score (nSPS) is 12.9. The Hall–Kier alpha value is -1.22. The fourth-order valence-electron chi connectivity index (χ4n) is 1.59. The summed E-state index contributed by atoms with van der Waals surface area (Å²) >= 11 is 0. The van der Waals surface area contributed by atoms with Crippen molar-refractivity contribution in [2.75, 3.05) is 19.6 Å². The first kappa shape index (κ1) is 16.8. The number of carboxylic acid groups (broad SMARTS) is 2. The van der Waals surface area contributed by atoms with Crippen molar-refractivity contribution in [3.63, 3.8) is 0 Å². The Bertz CT molecular complexity index is 253. The molecule has 0 fully saturated rings. The van der Waals surface area contributed by atoms with Crippen molar-refractivity contribution >= 4 is 11.9 Å². The molecule has 1 unspecified atom stereocenters. The second-order valence-electron chi connectivity index (χ2n) is 3.93. The first-order valence-corrected chi connectivity index (χ1v) is 5.60. The van der Waals surface area contributed by atoms with E-state index in [1.165, 1.54) is 0 Å². The van der Waals surface area contributed by atoms with Gasteiger partial charge >= 0.3 is 11.9 Å². The second kappa shape index (κ2) is 8.81. The molecule has 106 valence electrons. The fourth-order valence-corrected chi connectivity index (χ4v) is 1.59. The van der Waals surface area contributed by atoms with E-state index in [-0.39, 0.29) is 38.9 Å². The standard InChI is InChI=1S/C10H20N2O6/c11-6-7(5-10(17)18)12(3-1-8(13)14)4-2-9(15)16/h7,10,17-18H,1-6,11H2,(H,13,14)(H,15,16). The summed E-state index contributed by atoms with van der Waals surface area (Å²) in [6, 6.07) is -0.455. The Balaban J connectivity index is 4.47. The highest BCUT2D eigenvalue weighted by atomic mass is 16.5. The van der Waals surface area contributed by atoms with E-state index in [0.29, 0.717) is 0 Å². The van der Waals surface area contributed by atoms with E-state index in [9.17, 15) is 9.59 Å². The van der Waals surface area contributed by atoms with Crippen LogP contribution in [0, 0.1) is 0 Å². The molecule has 0 saturated heterocycles. The quantitative estimate of drug-likeness (QED) is 0.293. The summed E-state index contributed by atoms with van der Waals surface area (Å²) in [5.74, 6) is -2.01. The number of aliphatic carboxylic acids is 2. The predicted octanol–water partition coefficient (Wildman–Crippen LogP) is -1.73. The first-order chi connectivity index (χ1) is 8.36. The van der Waals surface area contributed by atoms with Crippen molar-refractivity contribution in [3.8, 4) is 0 Å². The molecule has 8 heteroatoms. The zero-order valence-electron chi connectivity index (χ0n) is 10.0. The number of carbonyl (C=O) groups is 2. The van der Waals surface area contributed by atoms with E-state index in [4.69, 9.17) is 26.2 Å². The summed E-state index contributed by atoms with van der Waals surface area (Å²) in [5.41, 5.74) is 5.48. The number of aliphatic hydroxyl groups excluding tert-OH is 1. The van der Waals surface area contributed by atoms with Gasteiger partial charge in [-0.2, -0.15) is 0 Å². The van der Waals surface area contributed by atoms with Crippen LogP contribution in [0.3, 0.4) is 0 Å². The van der Waals surface area contributed by atoms with Crippen molar-refractivity contribution in [3.05, 3.63) is 0 Å². The number of rotatable bonds is 10. The highest BCUT2D eigenvalue weighted by molar-refractivity contribution is 5.67. The van der Waals surface area contributed by atoms with Crippen LogP contribution < -0.4 is 5.73 Å². The molecule has 8 nitrogen and oxygen atoms in total. The molecular formula is C10H20N2O6. The Morgan fingerprint density at radius 2 is 1.50 bits per heavy atom. The SMILES string of the molecule is NCC(CC(O)O)N(CCC(=O)O)CCC(=O)O. The highest BCUT2D eigenvalue weighted by Crippen LogP contribution is 2.08. The Morgan fingerprint density at radius 3 is 1.78 bits per heavy atom. The molecule has 6 N–H and O–H groups in total. The van der Waals surface area contributed by atoms with Gasteiger partial charge in [0.15, 0.2) is 6.29 Å². The lowest BCUT2D eigenvalue weighted by molar-refractivity contribution is -0.137. The van der Waals surface area contributed by atoms with Gasteiger partial charge in [0.2, 0.25) is 0 Å². The number of nitrogens with two attached hydrogens (primary N) is 1. The van der Waals surface area contributed by atoms with Crippen LogP contribution in [0.25, 0.3) is 0 Å². The predicted molar refractivity (Wildman–Crippen MR) is 61.8 cm³/mol. The van der Waals surface area contributed by atoms with Crippen LogP contribution in [-0.4, -0.2) is 69.2 Å². The van der Waals surface area contributed by atoms with Crippen molar-refractivity contribution < 1.29 is 30.0 Å². The third-order valence-electron chi connectivity index (χ3n) is 2.50. The minimum Gasteiger partial charge on any atom is -0.481 e. The number of carboxylic acids is 2. The van der Waals surface area contributed by atoms with Crippen LogP contribution in [0.1, 0.15) is 19.3 Å². The Morgan fingerprint density at radius 1 is 1.06 bits per heavy atom. The van der Waals surface area contributed by atoms with Crippen LogP contribution in [0.5, 0.6) is 0 Å². The van der Waals surface area contributed by atoms with E-state index in [2.05, 4.69) is 0 Å². The van der Waals surface area contributed by atoms with Crippen LogP contribution in [0.15, 0.2) is 0 Å². The molecule has 0 rings (SSSR count). The van der Waals surface area contributed by atoms with Gasteiger partial charge < -0.3 is 26.2 Å². The molecule has 0 aromatic heterocycles. The summed E-state index contributed by atoms with van der Waals surface area (Å²) in [6.07, 6.45) is -1.92. The summed E-state index contributed by atoms with van der Waals surface area (Å²) in [7, 11) is 0. The average Bonchev–Trinajstić information content (AvgIpc) is 2.25. The summed E-state index contributed by atoms with van der Waals surface area (Å²) in [5, 5.41) is 35.0. The summed E-state index contributed by atoms with van der Waals surface area (Å²) in [4.78, 5) is 22.6. The topological polar surface area (TPSA) is 144 Å². The molecule has 0 aliphatic carbocycles. The third kappa shape index (κ3) is 7.96. The van der Waals surface area contributed by atoms with E-state index in [1.807, 2.05) is 0 Å². The smallest absolute Gasteiger partial charge is 0.304 e. The van der Waals surface area contributed by atoms with Gasteiger partial charge in [-0.05, 0) is 0 Å². The van der Waals surface area contributed by atoms with Gasteiger partial charge in [0, 0.05) is 32.1 Å². The monoisotopic (exact) mass is 264 g/mol. The lowest BCUT2D eigenvalue weighted by Gasteiger charge is -2.30. The molecule has 0 aromatic carbocycles. The van der Waals surface area contributed by atoms with E-state index in [0.717, 1.165) is 0 Å². The third-order valence-corrected chi connectivity index (χ3v) is 2.50. The minimum absolute atomic E-state index is 0.0459. The average molecular weight is 264 g/mol. The van der Waals surface area contributed by atoms with Crippen LogP contribution >= 0.6 is 0 Å². The zero-order chi connectivity index (χ0) is 14.1. The maximum atomic E-state index is 10.5. The van der Waals surface area contributed by atoms with Gasteiger partial charge in [0.1, 0.15) is 0 Å². The number of hydrogen-bond acceptors (Lipinski definition) is 6. The molecular weight excluding hydrogens is 244 g/mol. The highest BCUT2D eigenvalue weighted by Gasteiger charge is 2.21. The molecule has 0 bridgehead atoms. The summed E-state index contributed by atoms with van der Waals surface area (Å²) in [6.45, 7) is 0.339. The second-order valence-corrected chi connectivity index (χ2v) is 3.93. The molecule has 0 aromatic rings. The summed E-state index contributed by atoms with van der Waals surface area (Å²) < 4.78 is 0. The number of nitrogens with zero attached hydrogens (tertiary/aromatic N) is 1. The number of hydrogen-bond donors (Lipinski definition) is 5. The van der Waals surface area contributed by atoms with E-state index < -0.39 is 24.3 Å². The fraction of sp³-hybridized carbons (Fsp3) is 0.800. The molecule has 0 heterocycles. The van der Waals surface area contributed by atoms with Gasteiger partial charge in [-0.25, -0.2) is 0 Å². The van der Waals surface area contributed by atoms with Crippen molar-refractivity contribution in [1.82, 2.24) is 4.90 Å². The van der Waals surface area contributed by atoms with Gasteiger partial charge in [-0.15, -0.1) is 0 Å². The van der Waals surface area contributed by atoms with Crippen LogP contribution in [-0.2, 0) is 9.59 Å². The Kier molecular flexibility index (Phi) is 8.21. The molecule has 0 radical (unpaired) electrons. The van der Waals surface area contributed by atoms with Gasteiger partial charge in [0.05, 0.1) is 12.8 Å². The maximum Gasteiger partial charge on any atom is 0.304 e. The van der Waals surface area contributed by atoms with Gasteiger partial charge in [0.25, 0.3) is 0 Å². The molecule has 0 spiro atoms. The van der Waals surface area contributed by atoms with Crippen molar-refractivity contribution in [2.24, 2.45) is 5.73 Å². The van der Waals surface area contributed by atoms with Gasteiger partial charge in [-0.3, -0.25) is 14.5 Å². The van der Waals surface area contributed by atoms with Crippen molar-refractivity contribution in [1.29, 1.82) is 0 Å². The number of aliphatic hydroxyl groups is 2. The molecule has 0 aliphatic heterocycles. The van der Waals surface area contributed by atoms with Gasteiger partial charge in [-0.1, -0.05) is 0 Å². The molecule has 18 heavy (non-hydrogen) atoms. The van der Waals surface area contributed by atoms with Crippen LogP contribution in [0.2, 0.25) is 0 Å². The van der Waals surface area contributed by atoms with E-state index >= 15 is 0 Å².